The number of amides is 1. The summed E-state index contributed by atoms with van der Waals surface area (Å²) in [5, 5.41) is 5.21. The van der Waals surface area contributed by atoms with Gasteiger partial charge in [-0.3, -0.25) is 9.48 Å². The van der Waals surface area contributed by atoms with Crippen molar-refractivity contribution in [2.24, 2.45) is 11.5 Å². The Kier molecular flexibility index (Phi) is 2.40. The maximum atomic E-state index is 11.1. The van der Waals surface area contributed by atoms with Gasteiger partial charge < -0.3 is 11.5 Å². The summed E-state index contributed by atoms with van der Waals surface area (Å²) in [7, 11) is 0. The molecule has 1 heterocycles. The molecule has 1 unspecified atom stereocenters. The Hall–Kier alpha value is -1.88. The molecule has 2 rings (SSSR count). The van der Waals surface area contributed by atoms with Gasteiger partial charge in [0, 0.05) is 5.39 Å². The van der Waals surface area contributed by atoms with Crippen molar-refractivity contribution in [3.63, 3.8) is 0 Å². The number of fused-ring (bicyclic) bond motifs is 1. The standard InChI is InChI=1S/C11H14N4O/c1-11(13,10(12)16)7-15-9-5-3-2-4-8(9)6-14-15/h2-6H,7,13H2,1H3,(H2,12,16). The highest BCUT2D eigenvalue weighted by atomic mass is 16.1. The van der Waals surface area contributed by atoms with E-state index < -0.39 is 11.4 Å². The van der Waals surface area contributed by atoms with Gasteiger partial charge >= 0.3 is 0 Å². The van der Waals surface area contributed by atoms with Crippen LogP contribution >= 0.6 is 0 Å². The third-order valence-electron chi connectivity index (χ3n) is 2.59. The largest absolute Gasteiger partial charge is 0.368 e. The molecule has 5 nitrogen and oxygen atoms in total. The van der Waals surface area contributed by atoms with Crippen LogP contribution in [0.25, 0.3) is 10.9 Å². The zero-order chi connectivity index (χ0) is 11.8. The van der Waals surface area contributed by atoms with Crippen LogP contribution in [0.3, 0.4) is 0 Å². The zero-order valence-corrected chi connectivity index (χ0v) is 9.05. The first-order valence-corrected chi connectivity index (χ1v) is 5.00. The van der Waals surface area contributed by atoms with E-state index in [1.165, 1.54) is 0 Å². The molecule has 0 spiro atoms. The van der Waals surface area contributed by atoms with Gasteiger partial charge in [0.15, 0.2) is 0 Å². The molecule has 5 heteroatoms. The maximum Gasteiger partial charge on any atom is 0.239 e. The van der Waals surface area contributed by atoms with Crippen LogP contribution in [0.15, 0.2) is 30.5 Å². The summed E-state index contributed by atoms with van der Waals surface area (Å²) < 4.78 is 1.69. The fourth-order valence-electron chi connectivity index (χ4n) is 1.54. The van der Waals surface area contributed by atoms with Gasteiger partial charge in [0.25, 0.3) is 0 Å². The second kappa shape index (κ2) is 3.61. The van der Waals surface area contributed by atoms with Crippen molar-refractivity contribution in [1.29, 1.82) is 0 Å². The van der Waals surface area contributed by atoms with Gasteiger partial charge in [-0.15, -0.1) is 0 Å². The highest BCUT2D eigenvalue weighted by Gasteiger charge is 2.27. The van der Waals surface area contributed by atoms with Crippen LogP contribution in [0.2, 0.25) is 0 Å². The molecule has 84 valence electrons. The fraction of sp³-hybridized carbons (Fsp3) is 0.273. The molecule has 0 bridgehead atoms. The Morgan fingerprint density at radius 2 is 2.19 bits per heavy atom. The number of primary amides is 1. The van der Waals surface area contributed by atoms with Crippen molar-refractivity contribution in [2.75, 3.05) is 0 Å². The Balaban J connectivity index is 2.38. The van der Waals surface area contributed by atoms with E-state index in [-0.39, 0.29) is 6.54 Å². The molecule has 0 aliphatic carbocycles. The molecule has 16 heavy (non-hydrogen) atoms. The van der Waals surface area contributed by atoms with E-state index in [1.54, 1.807) is 17.8 Å². The van der Waals surface area contributed by atoms with Gasteiger partial charge in [-0.25, -0.2) is 0 Å². The summed E-state index contributed by atoms with van der Waals surface area (Å²) in [6.07, 6.45) is 1.74. The highest BCUT2D eigenvalue weighted by Crippen LogP contribution is 2.14. The van der Waals surface area contributed by atoms with Gasteiger partial charge in [-0.1, -0.05) is 18.2 Å². The Morgan fingerprint density at radius 1 is 1.50 bits per heavy atom. The number of hydrogen-bond donors (Lipinski definition) is 2. The summed E-state index contributed by atoms with van der Waals surface area (Å²) >= 11 is 0. The van der Waals surface area contributed by atoms with Crippen LogP contribution in [0, 0.1) is 0 Å². The first-order chi connectivity index (χ1) is 7.50. The molecular formula is C11H14N4O. The van der Waals surface area contributed by atoms with Crippen molar-refractivity contribution in [3.05, 3.63) is 30.5 Å². The Labute approximate surface area is 93.0 Å². The van der Waals surface area contributed by atoms with Crippen molar-refractivity contribution >= 4 is 16.8 Å². The average molecular weight is 218 g/mol. The molecule has 0 aliphatic heterocycles. The van der Waals surface area contributed by atoms with Gasteiger partial charge in [0.05, 0.1) is 18.3 Å². The minimum Gasteiger partial charge on any atom is -0.368 e. The molecule has 4 N–H and O–H groups in total. The third kappa shape index (κ3) is 1.77. The number of para-hydroxylation sites is 1. The van der Waals surface area contributed by atoms with Crippen LogP contribution in [0.1, 0.15) is 6.92 Å². The molecule has 0 fully saturated rings. The van der Waals surface area contributed by atoms with Crippen LogP contribution in [-0.4, -0.2) is 21.2 Å². The monoisotopic (exact) mass is 218 g/mol. The predicted octanol–water partition coefficient (Wildman–Crippen LogP) is 0.239. The Bertz CT molecular complexity index is 530. The van der Waals surface area contributed by atoms with Gasteiger partial charge in [0.1, 0.15) is 5.54 Å². The van der Waals surface area contributed by atoms with Crippen molar-refractivity contribution in [1.82, 2.24) is 9.78 Å². The smallest absolute Gasteiger partial charge is 0.239 e. The van der Waals surface area contributed by atoms with Gasteiger partial charge in [-0.2, -0.15) is 5.10 Å². The summed E-state index contributed by atoms with van der Waals surface area (Å²) in [6.45, 7) is 1.88. The number of nitrogens with zero attached hydrogens (tertiary/aromatic N) is 2. The van der Waals surface area contributed by atoms with Gasteiger partial charge in [-0.05, 0) is 13.0 Å². The normalized spacial score (nSPS) is 14.9. The first kappa shape index (κ1) is 10.6. The lowest BCUT2D eigenvalue weighted by molar-refractivity contribution is -0.123. The first-order valence-electron chi connectivity index (χ1n) is 5.00. The van der Waals surface area contributed by atoms with Crippen LogP contribution in [0.4, 0.5) is 0 Å². The average Bonchev–Trinajstić information content (AvgIpc) is 2.61. The van der Waals surface area contributed by atoms with Crippen molar-refractivity contribution in [2.45, 2.75) is 19.0 Å². The third-order valence-corrected chi connectivity index (χ3v) is 2.59. The quantitative estimate of drug-likeness (QED) is 0.773. The lowest BCUT2D eigenvalue weighted by Crippen LogP contribution is -2.52. The van der Waals surface area contributed by atoms with E-state index >= 15 is 0 Å². The lowest BCUT2D eigenvalue weighted by Gasteiger charge is -2.20. The van der Waals surface area contributed by atoms with Crippen LogP contribution in [-0.2, 0) is 11.3 Å². The second-order valence-electron chi connectivity index (χ2n) is 4.14. The molecule has 1 aromatic heterocycles. The maximum absolute atomic E-state index is 11.1. The number of hydrogen-bond acceptors (Lipinski definition) is 3. The van der Waals surface area contributed by atoms with E-state index in [1.807, 2.05) is 24.3 Å². The van der Waals surface area contributed by atoms with Crippen LogP contribution in [0.5, 0.6) is 0 Å². The van der Waals surface area contributed by atoms with Gasteiger partial charge in [0.2, 0.25) is 5.91 Å². The molecule has 0 saturated carbocycles. The molecule has 1 aromatic carbocycles. The number of carbonyl (C=O) groups excluding carboxylic acids is 1. The number of benzene rings is 1. The summed E-state index contributed by atoms with van der Waals surface area (Å²) in [4.78, 5) is 11.1. The molecular weight excluding hydrogens is 204 g/mol. The number of carbonyl (C=O) groups is 1. The fourth-order valence-corrected chi connectivity index (χ4v) is 1.54. The van der Waals surface area contributed by atoms with E-state index in [2.05, 4.69) is 5.10 Å². The number of rotatable bonds is 3. The summed E-state index contributed by atoms with van der Waals surface area (Å²) in [6, 6.07) is 7.74. The highest BCUT2D eigenvalue weighted by molar-refractivity contribution is 5.84. The van der Waals surface area contributed by atoms with Crippen molar-refractivity contribution in [3.8, 4) is 0 Å². The summed E-state index contributed by atoms with van der Waals surface area (Å²) in [5.74, 6) is -0.535. The van der Waals surface area contributed by atoms with E-state index in [4.69, 9.17) is 11.5 Å². The molecule has 0 aliphatic rings. The lowest BCUT2D eigenvalue weighted by atomic mass is 10.0. The molecule has 0 radical (unpaired) electrons. The second-order valence-corrected chi connectivity index (χ2v) is 4.14. The molecule has 1 atom stereocenters. The van der Waals surface area contributed by atoms with E-state index in [9.17, 15) is 4.79 Å². The predicted molar refractivity (Wildman–Crippen MR) is 61.5 cm³/mol. The molecule has 1 amide bonds. The molecule has 2 aromatic rings. The Morgan fingerprint density at radius 3 is 2.88 bits per heavy atom. The SMILES string of the molecule is CC(N)(Cn1ncc2ccccc21)C(N)=O. The number of aromatic nitrogens is 2. The van der Waals surface area contributed by atoms with Crippen LogP contribution < -0.4 is 11.5 Å². The van der Waals surface area contributed by atoms with E-state index in [0.717, 1.165) is 10.9 Å². The van der Waals surface area contributed by atoms with Crippen molar-refractivity contribution < 1.29 is 4.79 Å². The van der Waals surface area contributed by atoms with E-state index in [0.29, 0.717) is 0 Å². The topological polar surface area (TPSA) is 86.9 Å². The minimum absolute atomic E-state index is 0.274. The molecule has 0 saturated heterocycles. The number of nitrogens with two attached hydrogens (primary N) is 2. The zero-order valence-electron chi connectivity index (χ0n) is 9.05. The minimum atomic E-state index is -1.09. The summed E-state index contributed by atoms with van der Waals surface area (Å²) in [5.41, 5.74) is 10.9.